The number of aromatic carboxylic acids is 1. The third-order valence-corrected chi connectivity index (χ3v) is 14.7. The van der Waals surface area contributed by atoms with Crippen molar-refractivity contribution in [3.63, 3.8) is 0 Å². The number of unbranched alkanes of at least 4 members (excludes halogenated alkanes) is 3. The number of pyridine rings is 1. The van der Waals surface area contributed by atoms with Crippen LogP contribution in [0.15, 0.2) is 60.7 Å². The molecule has 0 saturated carbocycles. The standard InChI is InChI=1S/C16H11NO2.3C4H9.Sn/c18-16(19)13-10-15(11-6-2-1-3-7-11)17-14-9-5-4-8-12(13)14;3*1-3-4-2;/h1-10H,(H,18,19);3*1,3-4H2,2H3;. The number of rotatable bonds is 11. The fourth-order valence-electron chi connectivity index (χ4n) is 3.76. The molecule has 3 aromatic rings. The molecule has 0 unspecified atom stereocenters. The van der Waals surface area contributed by atoms with Crippen LogP contribution in [0.3, 0.4) is 0 Å². The summed E-state index contributed by atoms with van der Waals surface area (Å²) in [5.41, 5.74) is 2.57. The molecule has 1 aromatic heterocycles. The van der Waals surface area contributed by atoms with Gasteiger partial charge in [0.2, 0.25) is 0 Å². The van der Waals surface area contributed by atoms with Gasteiger partial charge in [0.25, 0.3) is 0 Å². The van der Waals surface area contributed by atoms with Crippen molar-refractivity contribution < 1.29 is 9.90 Å². The van der Waals surface area contributed by atoms with E-state index in [2.05, 4.69) is 25.8 Å². The van der Waals surface area contributed by atoms with Crippen molar-refractivity contribution >= 4 is 36.6 Å². The molecule has 1 radical (unpaired) electrons. The van der Waals surface area contributed by atoms with Crippen LogP contribution in [0, 0.1) is 0 Å². The molecule has 0 fully saturated rings. The number of para-hydroxylation sites is 1. The Hall–Kier alpha value is -1.88. The summed E-state index contributed by atoms with van der Waals surface area (Å²) in [5.74, 6) is -0.934. The summed E-state index contributed by atoms with van der Waals surface area (Å²) in [6.07, 6.45) is 8.85. The van der Waals surface area contributed by atoms with Gasteiger partial charge in [0.1, 0.15) is 0 Å². The number of carboxylic acids is 1. The van der Waals surface area contributed by atoms with E-state index in [4.69, 9.17) is 0 Å². The van der Waals surface area contributed by atoms with Crippen LogP contribution >= 0.6 is 0 Å². The van der Waals surface area contributed by atoms with E-state index in [0.717, 1.165) is 5.56 Å². The first-order chi connectivity index (χ1) is 15.6. The van der Waals surface area contributed by atoms with Crippen LogP contribution in [-0.4, -0.2) is 35.8 Å². The molecule has 0 atom stereocenters. The molecule has 1 heterocycles. The average Bonchev–Trinajstić information content (AvgIpc) is 2.83. The molecule has 0 amide bonds. The van der Waals surface area contributed by atoms with Crippen molar-refractivity contribution in [2.45, 2.75) is 72.6 Å². The van der Waals surface area contributed by atoms with E-state index in [1.807, 2.05) is 48.5 Å². The molecule has 3 rings (SSSR count). The van der Waals surface area contributed by atoms with Gasteiger partial charge in [-0.25, -0.2) is 9.78 Å². The Labute approximate surface area is 201 Å². The number of benzene rings is 2. The zero-order valence-electron chi connectivity index (χ0n) is 19.9. The molecular weight excluding hydrogens is 501 g/mol. The molecule has 3 nitrogen and oxygen atoms in total. The van der Waals surface area contributed by atoms with Gasteiger partial charge in [-0.1, -0.05) is 48.5 Å². The first-order valence-corrected chi connectivity index (χ1v) is 18.2. The van der Waals surface area contributed by atoms with Crippen LogP contribution in [0.2, 0.25) is 13.3 Å². The average molecular weight is 539 g/mol. The first-order valence-electron chi connectivity index (χ1n) is 12.1. The van der Waals surface area contributed by atoms with Crippen molar-refractivity contribution in [1.29, 1.82) is 0 Å². The van der Waals surface area contributed by atoms with Crippen molar-refractivity contribution in [2.24, 2.45) is 0 Å². The molecule has 2 aromatic carbocycles. The molecule has 0 saturated heterocycles. The summed E-state index contributed by atoms with van der Waals surface area (Å²) in [5, 5.41) is 9.99. The molecule has 0 bridgehead atoms. The first kappa shape index (κ1) is 26.4. The number of hydrogen-bond acceptors (Lipinski definition) is 2. The van der Waals surface area contributed by atoms with Gasteiger partial charge in [-0.15, -0.1) is 0 Å². The second-order valence-electron chi connectivity index (χ2n) is 8.30. The van der Waals surface area contributed by atoms with Crippen molar-refractivity contribution in [3.05, 3.63) is 66.2 Å². The number of hydrogen-bond donors (Lipinski definition) is 1. The Balaban J connectivity index is 0.000000247. The molecule has 0 aliphatic carbocycles. The summed E-state index contributed by atoms with van der Waals surface area (Å²) in [6, 6.07) is 18.5. The van der Waals surface area contributed by atoms with E-state index in [9.17, 15) is 9.90 Å². The van der Waals surface area contributed by atoms with Crippen LogP contribution in [-0.2, 0) is 0 Å². The minimum Gasteiger partial charge on any atom is -0.478 e. The van der Waals surface area contributed by atoms with Crippen molar-refractivity contribution in [1.82, 2.24) is 4.98 Å². The second-order valence-corrected chi connectivity index (χ2v) is 16.9. The molecule has 0 aliphatic rings. The van der Waals surface area contributed by atoms with Crippen LogP contribution in [0.4, 0.5) is 0 Å². The second kappa shape index (κ2) is 15.0. The molecule has 4 heteroatoms. The number of carboxylic acid groups (broad SMARTS) is 1. The zero-order valence-corrected chi connectivity index (χ0v) is 22.8. The molecular formula is C28H38NO2Sn. The summed E-state index contributed by atoms with van der Waals surface area (Å²) in [7, 11) is 0. The van der Waals surface area contributed by atoms with Gasteiger partial charge in [-0.2, -0.15) is 0 Å². The van der Waals surface area contributed by atoms with E-state index >= 15 is 0 Å². The summed E-state index contributed by atoms with van der Waals surface area (Å²) < 4.78 is 5.04. The molecule has 171 valence electrons. The van der Waals surface area contributed by atoms with Gasteiger partial charge >= 0.3 is 98.3 Å². The number of nitrogens with zero attached hydrogens (tertiary/aromatic N) is 1. The Morgan fingerprint density at radius 1 is 0.812 bits per heavy atom. The predicted molar refractivity (Wildman–Crippen MR) is 139 cm³/mol. The van der Waals surface area contributed by atoms with Crippen LogP contribution in [0.25, 0.3) is 22.2 Å². The topological polar surface area (TPSA) is 50.2 Å². The largest absolute Gasteiger partial charge is 0.478 e. The normalized spacial score (nSPS) is 10.8. The monoisotopic (exact) mass is 540 g/mol. The fraction of sp³-hybridized carbons (Fsp3) is 0.429. The number of carbonyl (C=O) groups is 1. The van der Waals surface area contributed by atoms with E-state index in [0.29, 0.717) is 16.6 Å². The van der Waals surface area contributed by atoms with E-state index in [1.165, 1.54) is 38.5 Å². The van der Waals surface area contributed by atoms with Gasteiger partial charge in [0.05, 0.1) is 16.8 Å². The maximum atomic E-state index is 11.4. The van der Waals surface area contributed by atoms with Gasteiger partial charge in [0.15, 0.2) is 0 Å². The Kier molecular flexibility index (Phi) is 12.4. The number of aromatic nitrogens is 1. The Morgan fingerprint density at radius 3 is 1.88 bits per heavy atom. The van der Waals surface area contributed by atoms with Gasteiger partial charge in [0, 0.05) is 10.9 Å². The maximum absolute atomic E-state index is 11.4. The summed E-state index contributed by atoms with van der Waals surface area (Å²) in [4.78, 5) is 15.9. The third kappa shape index (κ3) is 8.57. The Bertz CT molecular complexity index is 924. The van der Waals surface area contributed by atoms with E-state index in [-0.39, 0.29) is 5.56 Å². The van der Waals surface area contributed by atoms with Gasteiger partial charge < -0.3 is 5.11 Å². The molecule has 0 spiro atoms. The quantitative estimate of drug-likeness (QED) is 0.249. The summed E-state index contributed by atoms with van der Waals surface area (Å²) >= 11 is -0.839. The van der Waals surface area contributed by atoms with Crippen LogP contribution in [0.1, 0.15) is 69.7 Å². The smallest absolute Gasteiger partial charge is 0.336 e. The van der Waals surface area contributed by atoms with Gasteiger partial charge in [-0.3, -0.25) is 0 Å². The molecule has 32 heavy (non-hydrogen) atoms. The van der Waals surface area contributed by atoms with Gasteiger partial charge in [-0.05, 0) is 12.1 Å². The summed E-state index contributed by atoms with van der Waals surface area (Å²) in [6.45, 7) is 7.00. The number of fused-ring (bicyclic) bond motifs is 1. The van der Waals surface area contributed by atoms with Crippen LogP contribution in [0.5, 0.6) is 0 Å². The van der Waals surface area contributed by atoms with Crippen molar-refractivity contribution in [3.8, 4) is 11.3 Å². The fourth-order valence-corrected chi connectivity index (χ4v) is 13.2. The van der Waals surface area contributed by atoms with Crippen LogP contribution < -0.4 is 0 Å². The van der Waals surface area contributed by atoms with Crippen molar-refractivity contribution in [2.75, 3.05) is 0 Å². The predicted octanol–water partition coefficient (Wildman–Crippen LogP) is 8.48. The van der Waals surface area contributed by atoms with E-state index < -0.39 is 25.7 Å². The zero-order chi connectivity index (χ0) is 23.2. The Morgan fingerprint density at radius 2 is 1.34 bits per heavy atom. The van der Waals surface area contributed by atoms with E-state index in [1.54, 1.807) is 25.4 Å². The molecule has 0 aliphatic heterocycles. The molecule has 1 N–H and O–H groups in total. The third-order valence-electron chi connectivity index (χ3n) is 5.67. The minimum atomic E-state index is -0.934. The minimum absolute atomic E-state index is 0.282. The SMILES string of the molecule is CCC[CH2][Sn]([CH2]CCC)[CH2]CCC.O=C(O)c1cc(-c2ccccc2)nc2ccccc12. The maximum Gasteiger partial charge on any atom is 0.336 e.